The van der Waals surface area contributed by atoms with Crippen molar-refractivity contribution in [1.82, 2.24) is 14.8 Å². The number of aryl methyl sites for hydroxylation is 2. The molecule has 2 heterocycles. The number of nitrogens with zero attached hydrogens (tertiary/aromatic N) is 4. The molecule has 1 unspecified atom stereocenters. The van der Waals surface area contributed by atoms with Crippen LogP contribution in [0.2, 0.25) is 0 Å². The van der Waals surface area contributed by atoms with Crippen LogP contribution in [0, 0.1) is 13.8 Å². The van der Waals surface area contributed by atoms with E-state index >= 15 is 0 Å². The van der Waals surface area contributed by atoms with Crippen molar-refractivity contribution in [1.29, 1.82) is 0 Å². The van der Waals surface area contributed by atoms with Gasteiger partial charge in [0, 0.05) is 18.8 Å². The van der Waals surface area contributed by atoms with Gasteiger partial charge in [0.2, 0.25) is 11.9 Å². The molecule has 34 heavy (non-hydrogen) atoms. The summed E-state index contributed by atoms with van der Waals surface area (Å²) in [7, 11) is 0. The summed E-state index contributed by atoms with van der Waals surface area (Å²) in [6, 6.07) is 14.3. The minimum absolute atomic E-state index is 0.0477. The van der Waals surface area contributed by atoms with Gasteiger partial charge in [-0.05, 0) is 49.4 Å². The number of amides is 1. The third kappa shape index (κ3) is 5.13. The monoisotopic (exact) mass is 479 g/mol. The van der Waals surface area contributed by atoms with Crippen molar-refractivity contribution in [2.45, 2.75) is 50.9 Å². The molecule has 8 heteroatoms. The maximum Gasteiger partial charge on any atom is 0.237 e. The number of carbonyl (C=O) groups is 1. The smallest absolute Gasteiger partial charge is 0.237 e. The molecule has 0 bridgehead atoms. The molecule has 0 radical (unpaired) electrons. The number of hydrogen-bond donors (Lipinski definition) is 1. The van der Waals surface area contributed by atoms with Gasteiger partial charge in [0.05, 0.1) is 24.2 Å². The molecule has 1 atom stereocenters. The van der Waals surface area contributed by atoms with Crippen LogP contribution in [0.3, 0.4) is 0 Å². The minimum atomic E-state index is -0.357. The SMILES string of the molecule is Cc1ccccc1-n1c(SC(C)C(=O)Nc2c(C)cccc2C(C)C)nnc1N1CCOCC1. The number of morpholine rings is 1. The summed E-state index contributed by atoms with van der Waals surface area (Å²) in [6.07, 6.45) is 0. The van der Waals surface area contributed by atoms with E-state index in [0.29, 0.717) is 24.3 Å². The van der Waals surface area contributed by atoms with Crippen LogP contribution in [0.5, 0.6) is 0 Å². The number of rotatable bonds is 7. The standard InChI is InChI=1S/C26H33N5O2S/c1-17(2)21-11-8-10-19(4)23(21)27-24(32)20(5)34-26-29-28-25(30-13-15-33-16-14-30)31(26)22-12-7-6-9-18(22)3/h6-12,17,20H,13-16H2,1-5H3,(H,27,32). The molecule has 1 aliphatic rings. The fraction of sp³-hybridized carbons (Fsp3) is 0.423. The maximum absolute atomic E-state index is 13.3. The number of aromatic nitrogens is 3. The van der Waals surface area contributed by atoms with Crippen LogP contribution in [0.4, 0.5) is 11.6 Å². The predicted molar refractivity (Wildman–Crippen MR) is 138 cm³/mol. The number of hydrogen-bond acceptors (Lipinski definition) is 6. The van der Waals surface area contributed by atoms with Crippen molar-refractivity contribution in [2.24, 2.45) is 0 Å². The molecule has 1 aliphatic heterocycles. The van der Waals surface area contributed by atoms with Crippen molar-refractivity contribution in [3.8, 4) is 5.69 Å². The molecule has 0 saturated carbocycles. The highest BCUT2D eigenvalue weighted by Crippen LogP contribution is 2.32. The summed E-state index contributed by atoms with van der Waals surface area (Å²) in [5, 5.41) is 12.6. The zero-order valence-electron chi connectivity index (χ0n) is 20.5. The molecule has 2 aromatic carbocycles. The second-order valence-corrected chi connectivity index (χ2v) is 10.3. The van der Waals surface area contributed by atoms with Gasteiger partial charge in [-0.15, -0.1) is 10.2 Å². The average Bonchev–Trinajstić information content (AvgIpc) is 3.24. The fourth-order valence-electron chi connectivity index (χ4n) is 4.11. The number of thioether (sulfide) groups is 1. The second-order valence-electron chi connectivity index (χ2n) is 8.95. The van der Waals surface area contributed by atoms with Crippen molar-refractivity contribution in [3.05, 3.63) is 59.2 Å². The highest BCUT2D eigenvalue weighted by Gasteiger charge is 2.26. The van der Waals surface area contributed by atoms with Crippen LogP contribution in [0.25, 0.3) is 5.69 Å². The molecule has 1 aromatic heterocycles. The lowest BCUT2D eigenvalue weighted by Crippen LogP contribution is -2.38. The fourth-order valence-corrected chi connectivity index (χ4v) is 4.97. The van der Waals surface area contributed by atoms with E-state index in [9.17, 15) is 4.79 Å². The van der Waals surface area contributed by atoms with Crippen molar-refractivity contribution in [2.75, 3.05) is 36.5 Å². The van der Waals surface area contributed by atoms with Gasteiger partial charge in [0.1, 0.15) is 0 Å². The predicted octanol–water partition coefficient (Wildman–Crippen LogP) is 4.96. The third-order valence-corrected chi connectivity index (χ3v) is 7.14. The average molecular weight is 480 g/mol. The Labute approximate surface area is 205 Å². The molecular weight excluding hydrogens is 446 g/mol. The van der Waals surface area contributed by atoms with Crippen LogP contribution in [0.15, 0.2) is 47.6 Å². The Bertz CT molecular complexity index is 1150. The van der Waals surface area contributed by atoms with E-state index < -0.39 is 0 Å². The van der Waals surface area contributed by atoms with Crippen LogP contribution >= 0.6 is 11.8 Å². The van der Waals surface area contributed by atoms with E-state index in [1.807, 2.05) is 38.1 Å². The molecule has 180 valence electrons. The third-order valence-electron chi connectivity index (χ3n) is 6.09. The molecule has 1 N–H and O–H groups in total. The van der Waals surface area contributed by atoms with Crippen molar-refractivity contribution in [3.63, 3.8) is 0 Å². The highest BCUT2D eigenvalue weighted by molar-refractivity contribution is 8.00. The number of anilines is 2. The van der Waals surface area contributed by atoms with Crippen molar-refractivity contribution >= 4 is 29.3 Å². The van der Waals surface area contributed by atoms with E-state index in [-0.39, 0.29) is 11.2 Å². The van der Waals surface area contributed by atoms with E-state index in [1.54, 1.807) is 0 Å². The summed E-state index contributed by atoms with van der Waals surface area (Å²) in [4.78, 5) is 15.4. The maximum atomic E-state index is 13.3. The molecule has 0 aliphatic carbocycles. The Morgan fingerprint density at radius 3 is 2.41 bits per heavy atom. The number of nitrogens with one attached hydrogen (secondary N) is 1. The minimum Gasteiger partial charge on any atom is -0.378 e. The summed E-state index contributed by atoms with van der Waals surface area (Å²) in [5.41, 5.74) is 5.25. The second kappa shape index (κ2) is 10.6. The first-order chi connectivity index (χ1) is 16.4. The number of para-hydroxylation sites is 2. The lowest BCUT2D eigenvalue weighted by molar-refractivity contribution is -0.115. The molecule has 1 amide bonds. The Morgan fingerprint density at radius 1 is 1.00 bits per heavy atom. The van der Waals surface area contributed by atoms with Gasteiger partial charge in [-0.2, -0.15) is 0 Å². The number of ether oxygens (including phenoxy) is 1. The van der Waals surface area contributed by atoms with Gasteiger partial charge in [-0.1, -0.05) is 62.0 Å². The summed E-state index contributed by atoms with van der Waals surface area (Å²) in [5.74, 6) is 1.06. The zero-order valence-corrected chi connectivity index (χ0v) is 21.4. The Kier molecular flexibility index (Phi) is 7.58. The van der Waals surface area contributed by atoms with Gasteiger partial charge < -0.3 is 15.0 Å². The first-order valence-corrected chi connectivity index (χ1v) is 12.7. The van der Waals surface area contributed by atoms with Crippen LogP contribution < -0.4 is 10.2 Å². The van der Waals surface area contributed by atoms with Crippen LogP contribution in [-0.4, -0.2) is 52.2 Å². The van der Waals surface area contributed by atoms with E-state index in [2.05, 4.69) is 64.0 Å². The number of benzene rings is 2. The highest BCUT2D eigenvalue weighted by atomic mass is 32.2. The quantitative estimate of drug-likeness (QED) is 0.483. The molecule has 0 spiro atoms. The Morgan fingerprint density at radius 2 is 1.71 bits per heavy atom. The first kappa shape index (κ1) is 24.3. The van der Waals surface area contributed by atoms with Gasteiger partial charge in [-0.3, -0.25) is 9.36 Å². The lowest BCUT2D eigenvalue weighted by atomic mass is 9.98. The van der Waals surface area contributed by atoms with Crippen LogP contribution in [-0.2, 0) is 9.53 Å². The van der Waals surface area contributed by atoms with Gasteiger partial charge >= 0.3 is 0 Å². The summed E-state index contributed by atoms with van der Waals surface area (Å²) >= 11 is 1.43. The molecule has 1 saturated heterocycles. The van der Waals surface area contributed by atoms with Crippen molar-refractivity contribution < 1.29 is 9.53 Å². The Hall–Kier alpha value is -2.84. The Balaban J connectivity index is 1.62. The molecule has 4 rings (SSSR count). The topological polar surface area (TPSA) is 72.3 Å². The summed E-state index contributed by atoms with van der Waals surface area (Å²) < 4.78 is 7.60. The molecule has 1 fully saturated rings. The van der Waals surface area contributed by atoms with Gasteiger partial charge in [0.25, 0.3) is 0 Å². The van der Waals surface area contributed by atoms with Crippen LogP contribution in [0.1, 0.15) is 43.4 Å². The molecule has 3 aromatic rings. The number of carbonyl (C=O) groups excluding carboxylic acids is 1. The van der Waals surface area contributed by atoms with E-state index in [1.165, 1.54) is 11.8 Å². The molecular formula is C26H33N5O2S. The summed E-state index contributed by atoms with van der Waals surface area (Å²) in [6.45, 7) is 13.1. The van der Waals surface area contributed by atoms with Gasteiger partial charge in [-0.25, -0.2) is 0 Å². The normalized spacial score (nSPS) is 14.9. The van der Waals surface area contributed by atoms with Gasteiger partial charge in [0.15, 0.2) is 5.16 Å². The largest absolute Gasteiger partial charge is 0.378 e. The zero-order chi connectivity index (χ0) is 24.2. The van der Waals surface area contributed by atoms with E-state index in [0.717, 1.165) is 47.1 Å². The van der Waals surface area contributed by atoms with E-state index in [4.69, 9.17) is 4.74 Å². The first-order valence-electron chi connectivity index (χ1n) is 11.8. The molecule has 7 nitrogen and oxygen atoms in total. The lowest BCUT2D eigenvalue weighted by Gasteiger charge is -2.28.